The summed E-state index contributed by atoms with van der Waals surface area (Å²) in [5.74, 6) is 1.14. The molecule has 0 radical (unpaired) electrons. The maximum atomic E-state index is 11.9. The Bertz CT molecular complexity index is 449. The van der Waals surface area contributed by atoms with Crippen LogP contribution in [0.1, 0.15) is 65.2 Å². The summed E-state index contributed by atoms with van der Waals surface area (Å²) >= 11 is 0. The van der Waals surface area contributed by atoms with Crippen LogP contribution in [0.3, 0.4) is 0 Å². The molecule has 1 atom stereocenters. The Morgan fingerprint density at radius 2 is 2.00 bits per heavy atom. The lowest BCUT2D eigenvalue weighted by molar-refractivity contribution is -0.122. The number of carbonyl (C=O) groups excluding carboxylic acids is 1. The summed E-state index contributed by atoms with van der Waals surface area (Å²) in [6, 6.07) is -0.216. The molecule has 1 heterocycles. The molecule has 0 spiro atoms. The van der Waals surface area contributed by atoms with E-state index in [-0.39, 0.29) is 36.3 Å². The van der Waals surface area contributed by atoms with Crippen molar-refractivity contribution in [3.05, 3.63) is 11.8 Å². The largest absolute Gasteiger partial charge is 0.425 e. The van der Waals surface area contributed by atoms with E-state index in [2.05, 4.69) is 36.3 Å². The highest BCUT2D eigenvalue weighted by atomic mass is 16.4. The SMILES string of the molecule is CC(C)c1nnc(CCC(=O)NC(CO)CC(C)(C)C)o1. The predicted molar refractivity (Wildman–Crippen MR) is 79.8 cm³/mol. The van der Waals surface area contributed by atoms with Gasteiger partial charge in [0.25, 0.3) is 0 Å². The third kappa shape index (κ3) is 6.71. The van der Waals surface area contributed by atoms with E-state index in [0.717, 1.165) is 6.42 Å². The molecule has 1 unspecified atom stereocenters. The van der Waals surface area contributed by atoms with Gasteiger partial charge in [-0.25, -0.2) is 0 Å². The molecule has 120 valence electrons. The van der Waals surface area contributed by atoms with Crippen molar-refractivity contribution in [2.24, 2.45) is 5.41 Å². The Hall–Kier alpha value is -1.43. The maximum absolute atomic E-state index is 11.9. The van der Waals surface area contributed by atoms with Crippen molar-refractivity contribution in [2.75, 3.05) is 6.61 Å². The topological polar surface area (TPSA) is 88.2 Å². The molecule has 0 aliphatic carbocycles. The Morgan fingerprint density at radius 3 is 2.48 bits per heavy atom. The molecular formula is C15H27N3O3. The normalized spacial score (nSPS) is 13.5. The molecule has 0 bridgehead atoms. The first-order valence-electron chi connectivity index (χ1n) is 7.44. The Labute approximate surface area is 126 Å². The number of aliphatic hydroxyl groups excluding tert-OH is 1. The van der Waals surface area contributed by atoms with Crippen molar-refractivity contribution < 1.29 is 14.3 Å². The van der Waals surface area contributed by atoms with Crippen molar-refractivity contribution in [3.8, 4) is 0 Å². The lowest BCUT2D eigenvalue weighted by Gasteiger charge is -2.25. The minimum absolute atomic E-state index is 0.0545. The van der Waals surface area contributed by atoms with Crippen LogP contribution in [0, 0.1) is 5.41 Å². The molecule has 1 rings (SSSR count). The number of aliphatic hydroxyl groups is 1. The lowest BCUT2D eigenvalue weighted by Crippen LogP contribution is -2.40. The average molecular weight is 297 g/mol. The summed E-state index contributed by atoms with van der Waals surface area (Å²) < 4.78 is 5.46. The van der Waals surface area contributed by atoms with Crippen molar-refractivity contribution in [3.63, 3.8) is 0 Å². The first kappa shape index (κ1) is 17.6. The number of nitrogens with zero attached hydrogens (tertiary/aromatic N) is 2. The smallest absolute Gasteiger partial charge is 0.220 e. The summed E-state index contributed by atoms with van der Waals surface area (Å²) in [4.78, 5) is 11.9. The zero-order valence-electron chi connectivity index (χ0n) is 13.6. The van der Waals surface area contributed by atoms with Gasteiger partial charge in [0.1, 0.15) is 0 Å². The summed E-state index contributed by atoms with van der Waals surface area (Å²) in [7, 11) is 0. The highest BCUT2D eigenvalue weighted by Gasteiger charge is 2.20. The predicted octanol–water partition coefficient (Wildman–Crippen LogP) is 2.04. The van der Waals surface area contributed by atoms with E-state index in [1.807, 2.05) is 13.8 Å². The van der Waals surface area contributed by atoms with Gasteiger partial charge in [-0.1, -0.05) is 34.6 Å². The summed E-state index contributed by atoms with van der Waals surface area (Å²) in [5, 5.41) is 20.0. The van der Waals surface area contributed by atoms with Crippen LogP contribution in [0.2, 0.25) is 0 Å². The van der Waals surface area contributed by atoms with E-state index in [9.17, 15) is 9.90 Å². The number of nitrogens with one attached hydrogen (secondary N) is 1. The molecule has 2 N–H and O–H groups in total. The molecule has 0 saturated heterocycles. The number of carbonyl (C=O) groups is 1. The number of hydrogen-bond donors (Lipinski definition) is 2. The Balaban J connectivity index is 2.42. The third-order valence-electron chi connectivity index (χ3n) is 2.99. The summed E-state index contributed by atoms with van der Waals surface area (Å²) in [6.07, 6.45) is 1.42. The molecule has 1 aromatic heterocycles. The Kier molecular flexibility index (Phi) is 6.33. The molecular weight excluding hydrogens is 270 g/mol. The van der Waals surface area contributed by atoms with E-state index in [0.29, 0.717) is 18.2 Å². The van der Waals surface area contributed by atoms with Crippen LogP contribution in [0.4, 0.5) is 0 Å². The van der Waals surface area contributed by atoms with Crippen molar-refractivity contribution >= 4 is 5.91 Å². The minimum atomic E-state index is -0.216. The quantitative estimate of drug-likeness (QED) is 0.804. The Morgan fingerprint density at radius 1 is 1.33 bits per heavy atom. The average Bonchev–Trinajstić information content (AvgIpc) is 2.82. The zero-order valence-corrected chi connectivity index (χ0v) is 13.6. The van der Waals surface area contributed by atoms with Crippen LogP contribution < -0.4 is 5.32 Å². The first-order valence-corrected chi connectivity index (χ1v) is 7.44. The highest BCUT2D eigenvalue weighted by Crippen LogP contribution is 2.20. The second kappa shape index (κ2) is 7.54. The molecule has 6 heteroatoms. The van der Waals surface area contributed by atoms with E-state index in [1.165, 1.54) is 0 Å². The number of hydrogen-bond acceptors (Lipinski definition) is 5. The fraction of sp³-hybridized carbons (Fsp3) is 0.800. The van der Waals surface area contributed by atoms with Crippen LogP contribution >= 0.6 is 0 Å². The number of aromatic nitrogens is 2. The van der Waals surface area contributed by atoms with Crippen LogP contribution in [0.5, 0.6) is 0 Å². The van der Waals surface area contributed by atoms with E-state index in [4.69, 9.17) is 4.42 Å². The van der Waals surface area contributed by atoms with Gasteiger partial charge in [-0.2, -0.15) is 0 Å². The second-order valence-corrected chi connectivity index (χ2v) is 6.90. The number of aryl methyl sites for hydroxylation is 1. The molecule has 6 nitrogen and oxygen atoms in total. The first-order chi connectivity index (χ1) is 9.71. The van der Waals surface area contributed by atoms with Gasteiger partial charge < -0.3 is 14.8 Å². The molecule has 0 aliphatic rings. The van der Waals surface area contributed by atoms with Crippen LogP contribution in [0.25, 0.3) is 0 Å². The number of amides is 1. The molecule has 21 heavy (non-hydrogen) atoms. The van der Waals surface area contributed by atoms with Gasteiger partial charge in [-0.15, -0.1) is 10.2 Å². The van der Waals surface area contributed by atoms with Gasteiger partial charge in [0.05, 0.1) is 12.6 Å². The molecule has 1 aromatic rings. The van der Waals surface area contributed by atoms with Gasteiger partial charge >= 0.3 is 0 Å². The zero-order chi connectivity index (χ0) is 16.0. The maximum Gasteiger partial charge on any atom is 0.220 e. The minimum Gasteiger partial charge on any atom is -0.425 e. The molecule has 0 aromatic carbocycles. The fourth-order valence-corrected chi connectivity index (χ4v) is 2.02. The van der Waals surface area contributed by atoms with Gasteiger partial charge in [0, 0.05) is 18.8 Å². The van der Waals surface area contributed by atoms with Gasteiger partial charge in [0.15, 0.2) is 0 Å². The van der Waals surface area contributed by atoms with Gasteiger partial charge in [0.2, 0.25) is 17.7 Å². The van der Waals surface area contributed by atoms with E-state index >= 15 is 0 Å². The van der Waals surface area contributed by atoms with E-state index in [1.54, 1.807) is 0 Å². The van der Waals surface area contributed by atoms with Crippen molar-refractivity contribution in [2.45, 2.75) is 65.8 Å². The summed E-state index contributed by atoms with van der Waals surface area (Å²) in [6.45, 7) is 10.1. The highest BCUT2D eigenvalue weighted by molar-refractivity contribution is 5.76. The molecule has 0 fully saturated rings. The molecule has 1 amide bonds. The summed E-state index contributed by atoms with van der Waals surface area (Å²) in [5.41, 5.74) is 0.0549. The van der Waals surface area contributed by atoms with E-state index < -0.39 is 0 Å². The van der Waals surface area contributed by atoms with Crippen LogP contribution in [-0.4, -0.2) is 33.9 Å². The van der Waals surface area contributed by atoms with Gasteiger partial charge in [-0.3, -0.25) is 4.79 Å². The second-order valence-electron chi connectivity index (χ2n) is 6.90. The van der Waals surface area contributed by atoms with Crippen LogP contribution in [0.15, 0.2) is 4.42 Å². The fourth-order valence-electron chi connectivity index (χ4n) is 2.02. The monoisotopic (exact) mass is 297 g/mol. The van der Waals surface area contributed by atoms with Gasteiger partial charge in [-0.05, 0) is 11.8 Å². The third-order valence-corrected chi connectivity index (χ3v) is 2.99. The van der Waals surface area contributed by atoms with Crippen LogP contribution in [-0.2, 0) is 11.2 Å². The number of rotatable bonds is 7. The standard InChI is InChI=1S/C15H27N3O3/c1-10(2)14-18-17-13(21-14)7-6-12(20)16-11(9-19)8-15(3,4)5/h10-11,19H,6-9H2,1-5H3,(H,16,20). The van der Waals surface area contributed by atoms with Crippen molar-refractivity contribution in [1.29, 1.82) is 0 Å². The lowest BCUT2D eigenvalue weighted by atomic mass is 9.88. The van der Waals surface area contributed by atoms with Crippen molar-refractivity contribution in [1.82, 2.24) is 15.5 Å². The molecule has 0 aliphatic heterocycles. The molecule has 0 saturated carbocycles.